The molecular weight excluding hydrogens is 275 g/mol. The average Bonchev–Trinajstić information content (AvgIpc) is 2.31. The first-order valence-corrected chi connectivity index (χ1v) is 6.72. The Bertz CT molecular complexity index is 480. The molecule has 1 aliphatic rings. The largest absolute Gasteiger partial charge is 0.433 e. The van der Waals surface area contributed by atoms with Gasteiger partial charge >= 0.3 is 6.18 Å². The summed E-state index contributed by atoms with van der Waals surface area (Å²) in [4.78, 5) is 7.76. The van der Waals surface area contributed by atoms with Gasteiger partial charge in [0, 0.05) is 12.3 Å². The Morgan fingerprint density at radius 3 is 2.53 bits per heavy atom. The maximum absolute atomic E-state index is 12.4. The van der Waals surface area contributed by atoms with Crippen molar-refractivity contribution in [3.05, 3.63) is 24.0 Å². The first-order valence-electron chi connectivity index (χ1n) is 5.74. The first kappa shape index (κ1) is 14.2. The van der Waals surface area contributed by atoms with Gasteiger partial charge in [-0.3, -0.25) is 4.99 Å². The van der Waals surface area contributed by atoms with E-state index in [1.165, 1.54) is 12.3 Å². The minimum atomic E-state index is -4.40. The zero-order chi connectivity index (χ0) is 14.1. The fourth-order valence-corrected chi connectivity index (χ4v) is 2.44. The molecule has 0 radical (unpaired) electrons. The van der Waals surface area contributed by atoms with Crippen LogP contribution in [0.15, 0.2) is 23.3 Å². The van der Waals surface area contributed by atoms with Crippen molar-refractivity contribution in [2.75, 3.05) is 17.6 Å². The second-order valence-corrected chi connectivity index (χ2v) is 6.09. The third kappa shape index (κ3) is 3.86. The summed E-state index contributed by atoms with van der Waals surface area (Å²) in [6.07, 6.45) is -3.23. The molecule has 1 aromatic rings. The van der Waals surface area contributed by atoms with E-state index in [0.29, 0.717) is 12.2 Å². The zero-order valence-corrected chi connectivity index (χ0v) is 11.4. The van der Waals surface area contributed by atoms with Crippen LogP contribution in [0.25, 0.3) is 0 Å². The number of anilines is 1. The predicted molar refractivity (Wildman–Crippen MR) is 71.4 cm³/mol. The van der Waals surface area contributed by atoms with Gasteiger partial charge in [0.05, 0.1) is 11.9 Å². The van der Waals surface area contributed by atoms with Crippen LogP contribution in [0.2, 0.25) is 0 Å². The number of thioether (sulfide) groups is 1. The van der Waals surface area contributed by atoms with Crippen molar-refractivity contribution < 1.29 is 13.2 Å². The minimum Gasteiger partial charge on any atom is -0.334 e. The van der Waals surface area contributed by atoms with Crippen LogP contribution in [-0.4, -0.2) is 22.4 Å². The number of nitrogens with one attached hydrogen (secondary N) is 1. The van der Waals surface area contributed by atoms with Crippen LogP contribution in [0.5, 0.6) is 0 Å². The van der Waals surface area contributed by atoms with Gasteiger partial charge in [-0.1, -0.05) is 25.6 Å². The number of hydrogen-bond donors (Lipinski definition) is 1. The van der Waals surface area contributed by atoms with E-state index < -0.39 is 11.9 Å². The molecular formula is C12H14F3N3S. The fourth-order valence-electron chi connectivity index (χ4n) is 1.48. The van der Waals surface area contributed by atoms with Gasteiger partial charge in [-0.25, -0.2) is 4.98 Å². The number of aliphatic imine (C=N–C) groups is 1. The molecule has 7 heteroatoms. The molecule has 0 saturated carbocycles. The molecule has 0 bridgehead atoms. The minimum absolute atomic E-state index is 0.161. The van der Waals surface area contributed by atoms with Crippen molar-refractivity contribution in [1.29, 1.82) is 0 Å². The van der Waals surface area contributed by atoms with Gasteiger partial charge in [0.15, 0.2) is 5.17 Å². The molecule has 0 saturated heterocycles. The molecule has 3 nitrogen and oxygen atoms in total. The Hall–Kier alpha value is -1.24. The monoisotopic (exact) mass is 289 g/mol. The summed E-state index contributed by atoms with van der Waals surface area (Å²) in [5.74, 6) is 0.924. The quantitative estimate of drug-likeness (QED) is 0.857. The molecule has 1 aliphatic heterocycles. The van der Waals surface area contributed by atoms with Crippen LogP contribution in [0.1, 0.15) is 19.5 Å². The van der Waals surface area contributed by atoms with E-state index in [1.54, 1.807) is 11.8 Å². The van der Waals surface area contributed by atoms with Gasteiger partial charge in [0.1, 0.15) is 5.69 Å². The molecule has 0 unspecified atom stereocenters. The topological polar surface area (TPSA) is 37.3 Å². The second kappa shape index (κ2) is 5.03. The number of amidine groups is 1. The van der Waals surface area contributed by atoms with Crippen molar-refractivity contribution in [3.63, 3.8) is 0 Å². The predicted octanol–water partition coefficient (Wildman–Crippen LogP) is 3.64. The van der Waals surface area contributed by atoms with Crippen LogP contribution in [0, 0.1) is 5.41 Å². The summed E-state index contributed by atoms with van der Waals surface area (Å²) in [5.41, 5.74) is -0.217. The van der Waals surface area contributed by atoms with Crippen LogP contribution in [-0.2, 0) is 6.18 Å². The number of rotatable bonds is 1. The number of aromatic nitrogens is 1. The maximum atomic E-state index is 12.4. The Morgan fingerprint density at radius 1 is 1.32 bits per heavy atom. The number of pyridine rings is 1. The van der Waals surface area contributed by atoms with Crippen molar-refractivity contribution in [2.45, 2.75) is 20.0 Å². The number of halogens is 3. The summed E-state index contributed by atoms with van der Waals surface area (Å²) in [5, 5.41) is 3.70. The number of hydrogen-bond acceptors (Lipinski definition) is 4. The van der Waals surface area contributed by atoms with Gasteiger partial charge in [-0.15, -0.1) is 0 Å². The highest BCUT2D eigenvalue weighted by Gasteiger charge is 2.32. The van der Waals surface area contributed by atoms with Gasteiger partial charge in [-0.05, 0) is 17.5 Å². The zero-order valence-electron chi connectivity index (χ0n) is 10.6. The van der Waals surface area contributed by atoms with Crippen molar-refractivity contribution in [2.24, 2.45) is 10.4 Å². The SMILES string of the molecule is CC1(C)CN=C(Nc2ccc(C(F)(F)F)nc2)SC1. The van der Waals surface area contributed by atoms with Crippen molar-refractivity contribution in [1.82, 2.24) is 4.98 Å². The van der Waals surface area contributed by atoms with Gasteiger partial charge in [0.25, 0.3) is 0 Å². The molecule has 2 heterocycles. The summed E-state index contributed by atoms with van der Waals surface area (Å²) >= 11 is 1.56. The molecule has 0 atom stereocenters. The van der Waals surface area contributed by atoms with Crippen LogP contribution in [0.4, 0.5) is 18.9 Å². The van der Waals surface area contributed by atoms with Crippen molar-refractivity contribution in [3.8, 4) is 0 Å². The van der Waals surface area contributed by atoms with Crippen LogP contribution in [0.3, 0.4) is 0 Å². The number of nitrogens with zero attached hydrogens (tertiary/aromatic N) is 2. The van der Waals surface area contributed by atoms with Crippen molar-refractivity contribution >= 4 is 22.6 Å². The van der Waals surface area contributed by atoms with E-state index in [2.05, 4.69) is 29.1 Å². The number of alkyl halides is 3. The Morgan fingerprint density at radius 2 is 2.05 bits per heavy atom. The standard InChI is InChI=1S/C12H14F3N3S/c1-11(2)6-17-10(19-7-11)18-8-3-4-9(16-5-8)12(13,14)15/h3-5H,6-7H2,1-2H3,(H,17,18). The van der Waals surface area contributed by atoms with Crippen LogP contribution >= 0.6 is 11.8 Å². The van der Waals surface area contributed by atoms with E-state index >= 15 is 0 Å². The third-order valence-corrected chi connectivity index (χ3v) is 3.99. The fraction of sp³-hybridized carbons (Fsp3) is 0.500. The summed E-state index contributed by atoms with van der Waals surface area (Å²) in [6.45, 7) is 4.95. The third-order valence-electron chi connectivity index (χ3n) is 2.56. The lowest BCUT2D eigenvalue weighted by atomic mass is 9.97. The summed E-state index contributed by atoms with van der Waals surface area (Å²) in [6, 6.07) is 2.32. The Labute approximate surface area is 113 Å². The lowest BCUT2D eigenvalue weighted by molar-refractivity contribution is -0.141. The van der Waals surface area contributed by atoms with E-state index in [4.69, 9.17) is 0 Å². The highest BCUT2D eigenvalue weighted by molar-refractivity contribution is 8.14. The molecule has 0 aliphatic carbocycles. The molecule has 0 aromatic carbocycles. The Kier molecular flexibility index (Phi) is 3.75. The van der Waals surface area contributed by atoms with E-state index in [9.17, 15) is 13.2 Å². The lowest BCUT2D eigenvalue weighted by Gasteiger charge is -2.27. The van der Waals surface area contributed by atoms with Gasteiger partial charge < -0.3 is 5.32 Å². The normalized spacial score (nSPS) is 18.9. The molecule has 104 valence electrons. The summed E-state index contributed by atoms with van der Waals surface area (Å²) in [7, 11) is 0. The highest BCUT2D eigenvalue weighted by Crippen LogP contribution is 2.30. The van der Waals surface area contributed by atoms with E-state index in [-0.39, 0.29) is 5.41 Å². The smallest absolute Gasteiger partial charge is 0.334 e. The van der Waals surface area contributed by atoms with E-state index in [1.807, 2.05) is 0 Å². The molecule has 0 amide bonds. The average molecular weight is 289 g/mol. The lowest BCUT2D eigenvalue weighted by Crippen LogP contribution is -2.27. The van der Waals surface area contributed by atoms with Crippen LogP contribution < -0.4 is 5.32 Å². The molecule has 0 fully saturated rings. The second-order valence-electron chi connectivity index (χ2n) is 5.13. The summed E-state index contributed by atoms with van der Waals surface area (Å²) < 4.78 is 37.1. The van der Waals surface area contributed by atoms with Gasteiger partial charge in [0.2, 0.25) is 0 Å². The molecule has 1 aromatic heterocycles. The van der Waals surface area contributed by atoms with E-state index in [0.717, 1.165) is 17.0 Å². The first-order chi connectivity index (χ1) is 8.76. The molecule has 1 N–H and O–H groups in total. The maximum Gasteiger partial charge on any atom is 0.433 e. The highest BCUT2D eigenvalue weighted by atomic mass is 32.2. The molecule has 2 rings (SSSR count). The molecule has 0 spiro atoms. The van der Waals surface area contributed by atoms with Gasteiger partial charge in [-0.2, -0.15) is 13.2 Å². The molecule has 19 heavy (non-hydrogen) atoms. The Balaban J connectivity index is 2.03.